The molecule has 0 bridgehead atoms. The van der Waals surface area contributed by atoms with Crippen LogP contribution in [0.2, 0.25) is 0 Å². The second kappa shape index (κ2) is 6.72. The minimum atomic E-state index is 0.606. The van der Waals surface area contributed by atoms with Gasteiger partial charge in [0.25, 0.3) is 0 Å². The summed E-state index contributed by atoms with van der Waals surface area (Å²) in [5.41, 5.74) is 0. The van der Waals surface area contributed by atoms with Gasteiger partial charge in [0, 0.05) is 24.7 Å². The Morgan fingerprint density at radius 3 is 2.88 bits per heavy atom. The molecule has 2 heterocycles. The Morgan fingerprint density at radius 2 is 2.12 bits per heavy atom. The van der Waals surface area contributed by atoms with Crippen molar-refractivity contribution < 1.29 is 4.74 Å². The van der Waals surface area contributed by atoms with E-state index < -0.39 is 0 Å². The van der Waals surface area contributed by atoms with Crippen molar-refractivity contribution in [1.82, 2.24) is 10.2 Å². The van der Waals surface area contributed by atoms with Gasteiger partial charge in [-0.2, -0.15) is 0 Å². The van der Waals surface area contributed by atoms with E-state index in [0.717, 1.165) is 25.8 Å². The van der Waals surface area contributed by atoms with Crippen LogP contribution in [0.3, 0.4) is 0 Å². The van der Waals surface area contributed by atoms with Crippen LogP contribution < -0.4 is 5.32 Å². The first kappa shape index (κ1) is 13.3. The van der Waals surface area contributed by atoms with Crippen LogP contribution in [0.4, 0.5) is 0 Å². The summed E-state index contributed by atoms with van der Waals surface area (Å²) in [6.07, 6.45) is 6.62. The lowest BCUT2D eigenvalue weighted by Crippen LogP contribution is -2.59. The number of hydrogen-bond donors (Lipinski definition) is 1. The maximum atomic E-state index is 5.72. The summed E-state index contributed by atoms with van der Waals surface area (Å²) in [6.45, 7) is 8.74. The summed E-state index contributed by atoms with van der Waals surface area (Å²) in [5.74, 6) is 0. The van der Waals surface area contributed by atoms with E-state index in [2.05, 4.69) is 24.1 Å². The van der Waals surface area contributed by atoms with E-state index in [9.17, 15) is 0 Å². The van der Waals surface area contributed by atoms with Gasteiger partial charge in [-0.15, -0.1) is 0 Å². The Kier molecular flexibility index (Phi) is 5.26. The standard InChI is InChI=1S/C14H28N2O/c1-3-12-7-5-6-9-16(12)14-11-17-10-8-13(14)15-4-2/h12-15H,3-11H2,1-2H3. The number of likely N-dealkylation sites (N-methyl/N-ethyl adjacent to an activating group) is 1. The van der Waals surface area contributed by atoms with Crippen molar-refractivity contribution in [2.75, 3.05) is 26.3 Å². The minimum Gasteiger partial charge on any atom is -0.380 e. The van der Waals surface area contributed by atoms with E-state index >= 15 is 0 Å². The number of nitrogens with one attached hydrogen (secondary N) is 1. The molecule has 0 spiro atoms. The lowest BCUT2D eigenvalue weighted by atomic mass is 9.93. The number of piperidine rings is 1. The van der Waals surface area contributed by atoms with Crippen LogP contribution in [0.5, 0.6) is 0 Å². The summed E-state index contributed by atoms with van der Waals surface area (Å²) in [4.78, 5) is 2.73. The zero-order chi connectivity index (χ0) is 12.1. The van der Waals surface area contributed by atoms with Gasteiger partial charge in [-0.3, -0.25) is 4.90 Å². The van der Waals surface area contributed by atoms with Gasteiger partial charge in [-0.1, -0.05) is 20.3 Å². The van der Waals surface area contributed by atoms with Crippen LogP contribution >= 0.6 is 0 Å². The molecule has 0 amide bonds. The molecule has 0 aliphatic carbocycles. The molecule has 2 fully saturated rings. The van der Waals surface area contributed by atoms with E-state index in [1.165, 1.54) is 38.6 Å². The van der Waals surface area contributed by atoms with Gasteiger partial charge < -0.3 is 10.1 Å². The van der Waals surface area contributed by atoms with Gasteiger partial charge in [0.15, 0.2) is 0 Å². The van der Waals surface area contributed by atoms with Crippen molar-refractivity contribution in [1.29, 1.82) is 0 Å². The van der Waals surface area contributed by atoms with Gasteiger partial charge in [0.05, 0.1) is 6.61 Å². The summed E-state index contributed by atoms with van der Waals surface area (Å²) in [5, 5.41) is 3.65. The number of likely N-dealkylation sites (tertiary alicyclic amines) is 1. The van der Waals surface area contributed by atoms with Crippen molar-refractivity contribution in [3.63, 3.8) is 0 Å². The van der Waals surface area contributed by atoms with Crippen molar-refractivity contribution >= 4 is 0 Å². The van der Waals surface area contributed by atoms with Crippen LogP contribution in [-0.4, -0.2) is 49.3 Å². The summed E-state index contributed by atoms with van der Waals surface area (Å²) >= 11 is 0. The molecule has 1 N–H and O–H groups in total. The van der Waals surface area contributed by atoms with Crippen LogP contribution in [0, 0.1) is 0 Å². The normalized spacial score (nSPS) is 36.0. The van der Waals surface area contributed by atoms with E-state index in [1.807, 2.05) is 0 Å². The lowest BCUT2D eigenvalue weighted by Gasteiger charge is -2.46. The summed E-state index contributed by atoms with van der Waals surface area (Å²) in [6, 6.07) is 2.03. The minimum absolute atomic E-state index is 0.606. The molecular weight excluding hydrogens is 212 g/mol. The van der Waals surface area contributed by atoms with E-state index in [4.69, 9.17) is 4.74 Å². The van der Waals surface area contributed by atoms with Crippen molar-refractivity contribution in [3.8, 4) is 0 Å². The maximum Gasteiger partial charge on any atom is 0.0637 e. The second-order valence-corrected chi connectivity index (χ2v) is 5.39. The number of rotatable bonds is 4. The monoisotopic (exact) mass is 240 g/mol. The zero-order valence-electron chi connectivity index (χ0n) is 11.5. The highest BCUT2D eigenvalue weighted by molar-refractivity contribution is 4.91. The number of nitrogens with zero attached hydrogens (tertiary/aromatic N) is 1. The van der Waals surface area contributed by atoms with Crippen molar-refractivity contribution in [2.45, 2.75) is 64.1 Å². The lowest BCUT2D eigenvalue weighted by molar-refractivity contribution is -0.0302. The number of ether oxygens (including phenoxy) is 1. The molecule has 2 saturated heterocycles. The quantitative estimate of drug-likeness (QED) is 0.813. The van der Waals surface area contributed by atoms with Gasteiger partial charge in [0.1, 0.15) is 0 Å². The summed E-state index contributed by atoms with van der Waals surface area (Å²) in [7, 11) is 0. The molecule has 3 heteroatoms. The Bertz CT molecular complexity index is 220. The number of hydrogen-bond acceptors (Lipinski definition) is 3. The zero-order valence-corrected chi connectivity index (χ0v) is 11.5. The molecule has 2 aliphatic rings. The molecule has 100 valence electrons. The third-order valence-electron chi connectivity index (χ3n) is 4.36. The molecule has 0 radical (unpaired) electrons. The molecule has 3 unspecified atom stereocenters. The van der Waals surface area contributed by atoms with Crippen LogP contribution in [0.15, 0.2) is 0 Å². The van der Waals surface area contributed by atoms with E-state index in [0.29, 0.717) is 12.1 Å². The van der Waals surface area contributed by atoms with E-state index in [1.54, 1.807) is 0 Å². The van der Waals surface area contributed by atoms with Crippen LogP contribution in [0.1, 0.15) is 46.0 Å². The topological polar surface area (TPSA) is 24.5 Å². The Balaban J connectivity index is 2.00. The van der Waals surface area contributed by atoms with E-state index in [-0.39, 0.29) is 0 Å². The first-order chi connectivity index (χ1) is 8.36. The third kappa shape index (κ3) is 3.21. The van der Waals surface area contributed by atoms with Gasteiger partial charge in [-0.05, 0) is 38.8 Å². The summed E-state index contributed by atoms with van der Waals surface area (Å²) < 4.78 is 5.72. The smallest absolute Gasteiger partial charge is 0.0637 e. The van der Waals surface area contributed by atoms with Gasteiger partial charge in [0.2, 0.25) is 0 Å². The third-order valence-corrected chi connectivity index (χ3v) is 4.36. The Hall–Kier alpha value is -0.120. The van der Waals surface area contributed by atoms with Crippen molar-refractivity contribution in [3.05, 3.63) is 0 Å². The van der Waals surface area contributed by atoms with Crippen LogP contribution in [-0.2, 0) is 4.74 Å². The molecule has 0 saturated carbocycles. The highest BCUT2D eigenvalue weighted by Crippen LogP contribution is 2.25. The fourth-order valence-corrected chi connectivity index (χ4v) is 3.45. The molecule has 0 aromatic heterocycles. The second-order valence-electron chi connectivity index (χ2n) is 5.39. The fraction of sp³-hybridized carbons (Fsp3) is 1.00. The molecule has 2 rings (SSSR count). The Labute approximate surface area is 106 Å². The van der Waals surface area contributed by atoms with Gasteiger partial charge >= 0.3 is 0 Å². The molecule has 3 atom stereocenters. The molecule has 2 aliphatic heterocycles. The largest absolute Gasteiger partial charge is 0.380 e. The maximum absolute atomic E-state index is 5.72. The molecule has 17 heavy (non-hydrogen) atoms. The first-order valence-electron chi connectivity index (χ1n) is 7.43. The molecular formula is C14H28N2O. The highest BCUT2D eigenvalue weighted by Gasteiger charge is 2.34. The average Bonchev–Trinajstić information content (AvgIpc) is 2.40. The first-order valence-corrected chi connectivity index (χ1v) is 7.43. The molecule has 0 aromatic rings. The Morgan fingerprint density at radius 1 is 1.24 bits per heavy atom. The van der Waals surface area contributed by atoms with Gasteiger partial charge in [-0.25, -0.2) is 0 Å². The SMILES string of the molecule is CCNC1CCOCC1N1CCCCC1CC. The highest BCUT2D eigenvalue weighted by atomic mass is 16.5. The average molecular weight is 240 g/mol. The molecule has 3 nitrogen and oxygen atoms in total. The van der Waals surface area contributed by atoms with Crippen LogP contribution in [0.25, 0.3) is 0 Å². The predicted octanol–water partition coefficient (Wildman–Crippen LogP) is 2.02. The fourth-order valence-electron chi connectivity index (χ4n) is 3.45. The predicted molar refractivity (Wildman–Crippen MR) is 71.3 cm³/mol. The van der Waals surface area contributed by atoms with Crippen molar-refractivity contribution in [2.24, 2.45) is 0 Å². The molecule has 0 aromatic carbocycles.